The first-order valence-corrected chi connectivity index (χ1v) is 6.14. The third kappa shape index (κ3) is 3.72. The van der Waals surface area contributed by atoms with E-state index in [1.54, 1.807) is 13.1 Å². The molecule has 1 N–H and O–H groups in total. The van der Waals surface area contributed by atoms with Gasteiger partial charge in [0.05, 0.1) is 33.4 Å². The summed E-state index contributed by atoms with van der Waals surface area (Å²) in [7, 11) is 1.67. The van der Waals surface area contributed by atoms with Crippen LogP contribution >= 0.6 is 0 Å². The number of non-ortho nitro benzene ring substituents is 2. The number of rotatable bonds is 5. The van der Waals surface area contributed by atoms with Crippen LogP contribution in [-0.2, 0) is 7.05 Å². The smallest absolute Gasteiger partial charge is 0.267 e. The second kappa shape index (κ2) is 6.43. The molecule has 0 radical (unpaired) electrons. The Labute approximate surface area is 128 Å². The molecule has 1 aromatic carbocycles. The van der Waals surface area contributed by atoms with Gasteiger partial charge < -0.3 is 0 Å². The number of aryl methyl sites for hydroxylation is 1. The zero-order valence-corrected chi connectivity index (χ0v) is 11.7. The number of hydrogen-bond donors (Lipinski definition) is 1. The van der Waals surface area contributed by atoms with Crippen LogP contribution in [-0.4, -0.2) is 31.7 Å². The predicted molar refractivity (Wildman–Crippen MR) is 78.0 cm³/mol. The first kappa shape index (κ1) is 15.8. The van der Waals surface area contributed by atoms with E-state index in [1.165, 1.54) is 17.1 Å². The summed E-state index contributed by atoms with van der Waals surface area (Å²) in [5.74, 6) is -0.810. The van der Waals surface area contributed by atoms with E-state index in [1.807, 2.05) is 0 Å². The van der Waals surface area contributed by atoms with Crippen LogP contribution in [0.1, 0.15) is 16.1 Å². The van der Waals surface area contributed by atoms with Crippen molar-refractivity contribution in [1.82, 2.24) is 15.2 Å². The highest BCUT2D eigenvalue weighted by Gasteiger charge is 2.19. The molecule has 0 aliphatic rings. The van der Waals surface area contributed by atoms with Crippen molar-refractivity contribution in [1.29, 1.82) is 0 Å². The lowest BCUT2D eigenvalue weighted by atomic mass is 10.1. The number of aromatic nitrogens is 2. The molecule has 118 valence electrons. The standard InChI is InChI=1S/C12H10N6O5/c1-16-9(2-3-14-16)7-13-15-12(19)8-4-10(17(20)21)6-11(5-8)18(22)23/h2-7H,1H3,(H,15,19). The van der Waals surface area contributed by atoms with Crippen LogP contribution < -0.4 is 5.43 Å². The minimum Gasteiger partial charge on any atom is -0.267 e. The molecule has 1 aromatic heterocycles. The summed E-state index contributed by atoms with van der Waals surface area (Å²) in [6.45, 7) is 0. The molecule has 2 rings (SSSR count). The minimum atomic E-state index is -0.817. The summed E-state index contributed by atoms with van der Waals surface area (Å²) in [5.41, 5.74) is 1.39. The van der Waals surface area contributed by atoms with E-state index in [0.29, 0.717) is 5.69 Å². The fourth-order valence-corrected chi connectivity index (χ4v) is 1.67. The number of hydrazone groups is 1. The Bertz CT molecular complexity index is 780. The van der Waals surface area contributed by atoms with Gasteiger partial charge in [0.1, 0.15) is 0 Å². The molecule has 0 spiro atoms. The summed E-state index contributed by atoms with van der Waals surface area (Å²) in [6.07, 6.45) is 2.85. The van der Waals surface area contributed by atoms with Gasteiger partial charge in [-0.3, -0.25) is 29.7 Å². The molecule has 0 atom stereocenters. The van der Waals surface area contributed by atoms with Crippen molar-refractivity contribution < 1.29 is 14.6 Å². The van der Waals surface area contributed by atoms with E-state index >= 15 is 0 Å². The third-order valence-corrected chi connectivity index (χ3v) is 2.81. The van der Waals surface area contributed by atoms with Crippen molar-refractivity contribution in [2.45, 2.75) is 0 Å². The van der Waals surface area contributed by atoms with Crippen molar-refractivity contribution in [3.05, 3.63) is 61.9 Å². The second-order valence-corrected chi connectivity index (χ2v) is 4.33. The van der Waals surface area contributed by atoms with Gasteiger partial charge in [0.2, 0.25) is 0 Å². The monoisotopic (exact) mass is 318 g/mol. The van der Waals surface area contributed by atoms with Gasteiger partial charge in [0, 0.05) is 25.4 Å². The van der Waals surface area contributed by atoms with Gasteiger partial charge in [-0.2, -0.15) is 10.2 Å². The number of nitrogens with zero attached hydrogens (tertiary/aromatic N) is 5. The molecule has 1 amide bonds. The zero-order chi connectivity index (χ0) is 17.0. The lowest BCUT2D eigenvalue weighted by Gasteiger charge is -2.01. The highest BCUT2D eigenvalue weighted by molar-refractivity contribution is 5.96. The summed E-state index contributed by atoms with van der Waals surface area (Å²) in [4.78, 5) is 31.8. The van der Waals surface area contributed by atoms with Crippen LogP contribution in [0.4, 0.5) is 11.4 Å². The summed E-state index contributed by atoms with van der Waals surface area (Å²) >= 11 is 0. The molecule has 0 saturated carbocycles. The lowest BCUT2D eigenvalue weighted by molar-refractivity contribution is -0.394. The minimum absolute atomic E-state index is 0.243. The molecule has 0 bridgehead atoms. The second-order valence-electron chi connectivity index (χ2n) is 4.33. The number of amides is 1. The van der Waals surface area contributed by atoms with Crippen molar-refractivity contribution in [2.24, 2.45) is 12.1 Å². The maximum Gasteiger partial charge on any atom is 0.277 e. The number of nitro benzene ring substituents is 2. The number of carbonyl (C=O) groups excluding carboxylic acids is 1. The molecule has 1 heterocycles. The average molecular weight is 318 g/mol. The van der Waals surface area contributed by atoms with Crippen LogP contribution in [0, 0.1) is 20.2 Å². The van der Waals surface area contributed by atoms with Crippen molar-refractivity contribution in [2.75, 3.05) is 0 Å². The van der Waals surface area contributed by atoms with Crippen molar-refractivity contribution in [3.8, 4) is 0 Å². The highest BCUT2D eigenvalue weighted by atomic mass is 16.6. The maximum absolute atomic E-state index is 11.9. The first-order chi connectivity index (χ1) is 10.9. The van der Waals surface area contributed by atoms with Gasteiger partial charge in [0.15, 0.2) is 0 Å². The van der Waals surface area contributed by atoms with E-state index in [2.05, 4.69) is 15.6 Å². The summed E-state index contributed by atoms with van der Waals surface area (Å²) in [5, 5.41) is 29.1. The molecule has 11 nitrogen and oxygen atoms in total. The van der Waals surface area contributed by atoms with Crippen molar-refractivity contribution in [3.63, 3.8) is 0 Å². The van der Waals surface area contributed by atoms with Gasteiger partial charge in [-0.25, -0.2) is 5.43 Å². The summed E-state index contributed by atoms with van der Waals surface area (Å²) < 4.78 is 1.51. The van der Waals surface area contributed by atoms with Gasteiger partial charge in [-0.05, 0) is 6.07 Å². The first-order valence-electron chi connectivity index (χ1n) is 6.14. The van der Waals surface area contributed by atoms with E-state index in [9.17, 15) is 25.0 Å². The van der Waals surface area contributed by atoms with Crippen LogP contribution in [0.25, 0.3) is 0 Å². The number of carbonyl (C=O) groups is 1. The summed E-state index contributed by atoms with van der Waals surface area (Å²) in [6, 6.07) is 4.29. The van der Waals surface area contributed by atoms with Gasteiger partial charge in [-0.1, -0.05) is 0 Å². The van der Waals surface area contributed by atoms with Crippen LogP contribution in [0.5, 0.6) is 0 Å². The SMILES string of the molecule is Cn1nccc1C=NNC(=O)c1cc([N+](=O)[O-])cc([N+](=O)[O-])c1. The molecule has 0 saturated heterocycles. The Morgan fingerprint density at radius 2 is 1.87 bits per heavy atom. The molecule has 0 fully saturated rings. The number of nitro groups is 2. The van der Waals surface area contributed by atoms with Gasteiger partial charge in [0.25, 0.3) is 17.3 Å². The molecule has 0 aliphatic carbocycles. The van der Waals surface area contributed by atoms with E-state index < -0.39 is 27.1 Å². The zero-order valence-electron chi connectivity index (χ0n) is 11.7. The van der Waals surface area contributed by atoms with Gasteiger partial charge in [-0.15, -0.1) is 0 Å². The fourth-order valence-electron chi connectivity index (χ4n) is 1.67. The Balaban J connectivity index is 2.21. The van der Waals surface area contributed by atoms with E-state index in [4.69, 9.17) is 0 Å². The maximum atomic E-state index is 11.9. The molecular formula is C12H10N6O5. The Hall–Kier alpha value is -3.63. The molecule has 2 aromatic rings. The van der Waals surface area contributed by atoms with E-state index in [-0.39, 0.29) is 5.56 Å². The Kier molecular flexibility index (Phi) is 4.40. The number of nitrogens with one attached hydrogen (secondary N) is 1. The Morgan fingerprint density at radius 3 is 2.35 bits per heavy atom. The molecule has 0 unspecified atom stereocenters. The number of benzene rings is 1. The Morgan fingerprint density at radius 1 is 1.26 bits per heavy atom. The largest absolute Gasteiger partial charge is 0.277 e. The highest BCUT2D eigenvalue weighted by Crippen LogP contribution is 2.22. The van der Waals surface area contributed by atoms with Crippen LogP contribution in [0.2, 0.25) is 0 Å². The predicted octanol–water partition coefficient (Wildman–Crippen LogP) is 1.00. The third-order valence-electron chi connectivity index (χ3n) is 2.81. The topological polar surface area (TPSA) is 146 Å². The van der Waals surface area contributed by atoms with Gasteiger partial charge >= 0.3 is 0 Å². The molecule has 0 aliphatic heterocycles. The number of hydrogen-bond acceptors (Lipinski definition) is 7. The molecule has 11 heteroatoms. The average Bonchev–Trinajstić information content (AvgIpc) is 2.92. The van der Waals surface area contributed by atoms with E-state index in [0.717, 1.165) is 18.2 Å². The molecular weight excluding hydrogens is 308 g/mol. The molecule has 23 heavy (non-hydrogen) atoms. The van der Waals surface area contributed by atoms with Crippen molar-refractivity contribution >= 4 is 23.5 Å². The van der Waals surface area contributed by atoms with Crippen LogP contribution in [0.3, 0.4) is 0 Å². The quantitative estimate of drug-likeness (QED) is 0.494. The van der Waals surface area contributed by atoms with Crippen LogP contribution in [0.15, 0.2) is 35.6 Å². The lowest BCUT2D eigenvalue weighted by Crippen LogP contribution is -2.18. The fraction of sp³-hybridized carbons (Fsp3) is 0.0833. The normalized spacial score (nSPS) is 10.7.